The number of hydrogen-bond donors (Lipinski definition) is 1. The Kier molecular flexibility index (Phi) is 6.98. The van der Waals surface area contributed by atoms with Crippen molar-refractivity contribution in [3.05, 3.63) is 42.5 Å². The Bertz CT molecular complexity index is 855. The lowest BCUT2D eigenvalue weighted by molar-refractivity contribution is 0.0707. The van der Waals surface area contributed by atoms with Gasteiger partial charge in [0.1, 0.15) is 23.5 Å². The summed E-state index contributed by atoms with van der Waals surface area (Å²) in [5, 5.41) is 10.8. The number of thiazole rings is 1. The van der Waals surface area contributed by atoms with Gasteiger partial charge in [-0.3, -0.25) is 0 Å². The molecule has 0 aliphatic heterocycles. The molecule has 1 aromatic heterocycles. The number of aliphatic hydroxyl groups is 1. The molecule has 1 atom stereocenters. The minimum Gasteiger partial charge on any atom is -0.491 e. The fourth-order valence-electron chi connectivity index (χ4n) is 2.37. The van der Waals surface area contributed by atoms with Crippen LogP contribution in [0.15, 0.2) is 42.5 Å². The lowest BCUT2D eigenvalue weighted by atomic mass is 10.2. The molecule has 0 aliphatic rings. The summed E-state index contributed by atoms with van der Waals surface area (Å²) < 4.78 is 11.8. The molecule has 138 valence electrons. The maximum Gasteiger partial charge on any atom is 0.124 e. The lowest BCUT2D eigenvalue weighted by Crippen LogP contribution is -2.21. The van der Waals surface area contributed by atoms with Gasteiger partial charge in [0.15, 0.2) is 0 Å². The van der Waals surface area contributed by atoms with Crippen molar-refractivity contribution in [1.29, 1.82) is 0 Å². The van der Waals surface area contributed by atoms with Crippen LogP contribution in [0.2, 0.25) is 0 Å². The van der Waals surface area contributed by atoms with Crippen LogP contribution in [0.4, 0.5) is 5.69 Å². The fraction of sp³-hybridized carbons (Fsp3) is 0.278. The molecule has 26 heavy (non-hydrogen) atoms. The van der Waals surface area contributed by atoms with E-state index >= 15 is 0 Å². The second-order valence-electron chi connectivity index (χ2n) is 5.90. The van der Waals surface area contributed by atoms with Crippen molar-refractivity contribution in [1.82, 2.24) is 4.98 Å². The average molecular weight is 502 g/mol. The van der Waals surface area contributed by atoms with Gasteiger partial charge in [0.05, 0.1) is 26.0 Å². The van der Waals surface area contributed by atoms with Crippen molar-refractivity contribution in [2.24, 2.45) is 0 Å². The number of ether oxygens (including phenoxy) is 1. The van der Waals surface area contributed by atoms with Gasteiger partial charge in [-0.05, 0) is 42.5 Å². The lowest BCUT2D eigenvalue weighted by Gasteiger charge is -2.11. The minimum atomic E-state index is -0.653. The van der Waals surface area contributed by atoms with Crippen LogP contribution in [0.5, 0.6) is 5.75 Å². The van der Waals surface area contributed by atoms with Crippen molar-refractivity contribution in [2.75, 3.05) is 32.2 Å². The molecule has 1 heterocycles. The maximum atomic E-state index is 9.79. The molecular formula is C18H19IN2O3S2. The first kappa shape index (κ1) is 19.7. The largest absolute Gasteiger partial charge is 0.491 e. The Morgan fingerprint density at radius 2 is 1.96 bits per heavy atom. The minimum absolute atomic E-state index is 0.195. The number of rotatable bonds is 8. The smallest absolute Gasteiger partial charge is 0.124 e. The Hall–Kier alpha value is -1.07. The highest BCUT2D eigenvalue weighted by Crippen LogP contribution is 2.33. The SMILES string of the molecule is CN(C)c1ccc(-c2nc3ccc(OC[C@@H](O)COSI)cc3s2)cc1. The van der Waals surface area contributed by atoms with Gasteiger partial charge in [0, 0.05) is 46.6 Å². The molecule has 3 aromatic rings. The summed E-state index contributed by atoms with van der Waals surface area (Å²) in [6.45, 7) is 0.434. The number of fused-ring (bicyclic) bond motifs is 1. The van der Waals surface area contributed by atoms with Gasteiger partial charge in [-0.2, -0.15) is 0 Å². The molecule has 0 spiro atoms. The molecule has 3 rings (SSSR count). The first-order valence-corrected chi connectivity index (χ1v) is 12.1. The Labute approximate surface area is 173 Å². The van der Waals surface area contributed by atoms with Crippen molar-refractivity contribution < 1.29 is 14.0 Å². The van der Waals surface area contributed by atoms with Crippen LogP contribution in [0.25, 0.3) is 20.8 Å². The zero-order chi connectivity index (χ0) is 18.5. The molecule has 1 N–H and O–H groups in total. The molecule has 0 saturated heterocycles. The first-order chi connectivity index (χ1) is 12.6. The summed E-state index contributed by atoms with van der Waals surface area (Å²) in [7, 11) is 5.25. The summed E-state index contributed by atoms with van der Waals surface area (Å²) in [5.74, 6) is 0.719. The first-order valence-electron chi connectivity index (χ1n) is 7.96. The predicted octanol–water partition coefficient (Wildman–Crippen LogP) is 4.78. The van der Waals surface area contributed by atoms with Crippen molar-refractivity contribution in [2.45, 2.75) is 6.10 Å². The highest BCUT2D eigenvalue weighted by molar-refractivity contribution is 14.2. The number of halogens is 1. The third-order valence-corrected chi connectivity index (χ3v) is 5.79. The molecule has 0 radical (unpaired) electrons. The quantitative estimate of drug-likeness (QED) is 0.354. The molecule has 0 bridgehead atoms. The van der Waals surface area contributed by atoms with Crippen LogP contribution in [0.1, 0.15) is 0 Å². The van der Waals surface area contributed by atoms with E-state index in [0.29, 0.717) is 0 Å². The van der Waals surface area contributed by atoms with Gasteiger partial charge >= 0.3 is 0 Å². The van der Waals surface area contributed by atoms with Gasteiger partial charge in [0.2, 0.25) is 0 Å². The van der Waals surface area contributed by atoms with E-state index in [0.717, 1.165) is 32.2 Å². The summed E-state index contributed by atoms with van der Waals surface area (Å²) in [5.41, 5.74) is 3.21. The monoisotopic (exact) mass is 502 g/mol. The molecule has 0 saturated carbocycles. The molecule has 0 aliphatic carbocycles. The summed E-state index contributed by atoms with van der Waals surface area (Å²) in [6, 6.07) is 14.1. The maximum absolute atomic E-state index is 9.79. The van der Waals surface area contributed by atoms with E-state index in [1.165, 1.54) is 9.21 Å². The molecule has 0 fully saturated rings. The van der Waals surface area contributed by atoms with E-state index in [1.54, 1.807) is 11.3 Å². The highest BCUT2D eigenvalue weighted by Gasteiger charge is 2.10. The van der Waals surface area contributed by atoms with E-state index in [4.69, 9.17) is 13.9 Å². The van der Waals surface area contributed by atoms with Crippen molar-refractivity contribution >= 4 is 57.7 Å². The van der Waals surface area contributed by atoms with Gasteiger partial charge in [-0.15, -0.1) is 11.3 Å². The Morgan fingerprint density at radius 1 is 1.19 bits per heavy atom. The molecule has 0 amide bonds. The van der Waals surface area contributed by atoms with Gasteiger partial charge in [-0.25, -0.2) is 4.98 Å². The van der Waals surface area contributed by atoms with Crippen molar-refractivity contribution in [3.63, 3.8) is 0 Å². The number of anilines is 1. The number of aromatic nitrogens is 1. The predicted molar refractivity (Wildman–Crippen MR) is 118 cm³/mol. The molecule has 8 heteroatoms. The molecular weight excluding hydrogens is 483 g/mol. The summed E-state index contributed by atoms with van der Waals surface area (Å²) in [6.07, 6.45) is -0.653. The zero-order valence-corrected chi connectivity index (χ0v) is 18.2. The number of nitrogens with zero attached hydrogens (tertiary/aromatic N) is 2. The van der Waals surface area contributed by atoms with Crippen LogP contribution in [0.3, 0.4) is 0 Å². The second-order valence-corrected chi connectivity index (χ2v) is 8.37. The fourth-order valence-corrected chi connectivity index (χ4v) is 4.01. The third kappa shape index (κ3) is 5.01. The van der Waals surface area contributed by atoms with Crippen LogP contribution < -0.4 is 9.64 Å². The third-order valence-electron chi connectivity index (χ3n) is 3.74. The van der Waals surface area contributed by atoms with E-state index < -0.39 is 6.10 Å². The van der Waals surface area contributed by atoms with E-state index in [2.05, 4.69) is 29.2 Å². The standard InChI is InChI=1S/C18H19IN2O3S2/c1-21(2)13-5-3-12(4-6-13)18-20-16-8-7-15(9-17(16)25-18)23-10-14(22)11-24-26-19/h3-9,14,22H,10-11H2,1-2H3/t14-/m1/s1. The number of aliphatic hydroxyl groups excluding tert-OH is 1. The van der Waals surface area contributed by atoms with Crippen LogP contribution in [-0.4, -0.2) is 43.5 Å². The Balaban J connectivity index is 1.72. The number of benzene rings is 2. The topological polar surface area (TPSA) is 54.8 Å². The molecule has 2 aromatic carbocycles. The van der Waals surface area contributed by atoms with Crippen LogP contribution in [-0.2, 0) is 4.18 Å². The molecule has 0 unspecified atom stereocenters. The van der Waals surface area contributed by atoms with Crippen LogP contribution >= 0.6 is 41.8 Å². The molecule has 5 nitrogen and oxygen atoms in total. The van der Waals surface area contributed by atoms with Crippen molar-refractivity contribution in [3.8, 4) is 16.3 Å². The van der Waals surface area contributed by atoms with Gasteiger partial charge in [0.25, 0.3) is 0 Å². The normalized spacial score (nSPS) is 12.3. The van der Waals surface area contributed by atoms with E-state index in [1.807, 2.05) is 53.5 Å². The zero-order valence-electron chi connectivity index (χ0n) is 14.4. The van der Waals surface area contributed by atoms with Gasteiger partial charge in [-0.1, -0.05) is 0 Å². The average Bonchev–Trinajstić information content (AvgIpc) is 3.08. The second kappa shape index (κ2) is 9.23. The van der Waals surface area contributed by atoms with E-state index in [-0.39, 0.29) is 13.2 Å². The summed E-state index contributed by atoms with van der Waals surface area (Å²) in [4.78, 5) is 6.78. The van der Waals surface area contributed by atoms with Crippen LogP contribution in [0, 0.1) is 0 Å². The summed E-state index contributed by atoms with van der Waals surface area (Å²) >= 11 is 3.65. The number of hydrogen-bond acceptors (Lipinski definition) is 7. The van der Waals surface area contributed by atoms with E-state index in [9.17, 15) is 5.11 Å². The highest BCUT2D eigenvalue weighted by atomic mass is 127. The van der Waals surface area contributed by atoms with Gasteiger partial charge < -0.3 is 18.9 Å². The Morgan fingerprint density at radius 3 is 2.65 bits per heavy atom.